The lowest BCUT2D eigenvalue weighted by Gasteiger charge is -2.37. The summed E-state index contributed by atoms with van der Waals surface area (Å²) in [5.41, 5.74) is 0.992. The van der Waals surface area contributed by atoms with E-state index in [1.165, 1.54) is 24.1 Å². The molecule has 0 radical (unpaired) electrons. The van der Waals surface area contributed by atoms with E-state index in [9.17, 15) is 18.0 Å². The molecule has 2 aromatic rings. The summed E-state index contributed by atoms with van der Waals surface area (Å²) in [5, 5.41) is 1.17. The van der Waals surface area contributed by atoms with Crippen LogP contribution in [0.2, 0.25) is 0 Å². The molecule has 1 fully saturated rings. The van der Waals surface area contributed by atoms with Gasteiger partial charge in [0.05, 0.1) is 18.3 Å². The van der Waals surface area contributed by atoms with Gasteiger partial charge in [-0.25, -0.2) is 0 Å². The highest BCUT2D eigenvalue weighted by Crippen LogP contribution is 2.32. The van der Waals surface area contributed by atoms with Gasteiger partial charge in [0, 0.05) is 33.1 Å². The van der Waals surface area contributed by atoms with Crippen molar-refractivity contribution in [2.45, 2.75) is 38.6 Å². The standard InChI is InChI=1S/C23H27F3N2O3.ClH/c1-16(13-18-7-9-21(10-8-18)31-27(3)17(2)29)28-11-12-30-22(15-28)19-5-4-6-20(14-19)23(24,25)26;/h4-10,14,16,22H,11-13,15H2,1-3H3;1H. The van der Waals surface area contributed by atoms with E-state index in [1.54, 1.807) is 13.1 Å². The van der Waals surface area contributed by atoms with E-state index < -0.39 is 17.8 Å². The minimum absolute atomic E-state index is 0. The Morgan fingerprint density at radius 1 is 1.25 bits per heavy atom. The van der Waals surface area contributed by atoms with Gasteiger partial charge in [-0.2, -0.15) is 18.2 Å². The molecule has 2 atom stereocenters. The van der Waals surface area contributed by atoms with Gasteiger partial charge in [0.15, 0.2) is 5.75 Å². The maximum absolute atomic E-state index is 13.0. The van der Waals surface area contributed by atoms with Gasteiger partial charge in [-0.3, -0.25) is 9.69 Å². The van der Waals surface area contributed by atoms with Gasteiger partial charge in [-0.05, 0) is 48.7 Å². The van der Waals surface area contributed by atoms with Gasteiger partial charge >= 0.3 is 6.18 Å². The van der Waals surface area contributed by atoms with Crippen LogP contribution in [0, 0.1) is 0 Å². The van der Waals surface area contributed by atoms with Gasteiger partial charge in [0.1, 0.15) is 0 Å². The molecule has 0 saturated carbocycles. The Morgan fingerprint density at radius 3 is 2.56 bits per heavy atom. The molecule has 0 spiro atoms. The molecule has 1 aliphatic heterocycles. The van der Waals surface area contributed by atoms with Crippen molar-refractivity contribution >= 4 is 18.3 Å². The van der Waals surface area contributed by atoms with Crippen LogP contribution in [0.25, 0.3) is 0 Å². The lowest BCUT2D eigenvalue weighted by atomic mass is 10.0. The summed E-state index contributed by atoms with van der Waals surface area (Å²) in [6, 6.07) is 13.1. The molecular formula is C23H28ClF3N2O3. The first-order valence-electron chi connectivity index (χ1n) is 10.2. The zero-order valence-corrected chi connectivity index (χ0v) is 19.1. The van der Waals surface area contributed by atoms with Gasteiger partial charge < -0.3 is 9.57 Å². The normalized spacial score (nSPS) is 17.9. The van der Waals surface area contributed by atoms with Crippen LogP contribution in [0.3, 0.4) is 0 Å². The van der Waals surface area contributed by atoms with Crippen LogP contribution in [0.5, 0.6) is 5.75 Å². The zero-order chi connectivity index (χ0) is 22.6. The molecule has 1 saturated heterocycles. The minimum atomic E-state index is -4.37. The summed E-state index contributed by atoms with van der Waals surface area (Å²) < 4.78 is 44.9. The summed E-state index contributed by atoms with van der Waals surface area (Å²) in [5.74, 6) is 0.380. The van der Waals surface area contributed by atoms with Gasteiger partial charge in [-0.15, -0.1) is 12.4 Å². The number of nitrogens with zero attached hydrogens (tertiary/aromatic N) is 2. The molecule has 1 amide bonds. The number of rotatable bonds is 6. The molecule has 0 aliphatic carbocycles. The number of carbonyl (C=O) groups excluding carboxylic acids is 1. The number of amides is 1. The van der Waals surface area contributed by atoms with E-state index in [0.29, 0.717) is 24.5 Å². The molecule has 1 heterocycles. The Hall–Kier alpha value is -2.29. The van der Waals surface area contributed by atoms with Crippen LogP contribution in [-0.2, 0) is 22.1 Å². The van der Waals surface area contributed by atoms with E-state index in [1.807, 2.05) is 24.3 Å². The highest BCUT2D eigenvalue weighted by molar-refractivity contribution is 5.85. The summed E-state index contributed by atoms with van der Waals surface area (Å²) >= 11 is 0. The summed E-state index contributed by atoms with van der Waals surface area (Å²) in [7, 11) is 1.55. The number of morpholine rings is 1. The maximum atomic E-state index is 13.0. The van der Waals surface area contributed by atoms with Gasteiger partial charge in [0.25, 0.3) is 5.91 Å². The Balaban J connectivity index is 0.00000363. The van der Waals surface area contributed by atoms with Gasteiger partial charge in [-0.1, -0.05) is 24.3 Å². The lowest BCUT2D eigenvalue weighted by molar-refractivity contribution is -0.149. The van der Waals surface area contributed by atoms with Crippen molar-refractivity contribution in [3.8, 4) is 5.75 Å². The van der Waals surface area contributed by atoms with Crippen LogP contribution < -0.4 is 4.84 Å². The van der Waals surface area contributed by atoms with Crippen molar-refractivity contribution < 1.29 is 27.5 Å². The third kappa shape index (κ3) is 6.85. The first kappa shape index (κ1) is 26.0. The number of ether oxygens (including phenoxy) is 1. The lowest BCUT2D eigenvalue weighted by Crippen LogP contribution is -2.44. The summed E-state index contributed by atoms with van der Waals surface area (Å²) in [6.45, 7) is 5.25. The average Bonchev–Trinajstić information content (AvgIpc) is 2.74. The van der Waals surface area contributed by atoms with Crippen molar-refractivity contribution in [2.24, 2.45) is 0 Å². The second-order valence-corrected chi connectivity index (χ2v) is 7.78. The van der Waals surface area contributed by atoms with Crippen LogP contribution >= 0.6 is 12.4 Å². The van der Waals surface area contributed by atoms with Crippen molar-refractivity contribution in [2.75, 3.05) is 26.7 Å². The molecule has 3 rings (SSSR count). The molecule has 1 aliphatic rings. The van der Waals surface area contributed by atoms with E-state index in [4.69, 9.17) is 9.57 Å². The largest absolute Gasteiger partial charge is 0.416 e. The minimum Gasteiger partial charge on any atom is -0.377 e. The monoisotopic (exact) mass is 472 g/mol. The van der Waals surface area contributed by atoms with Gasteiger partial charge in [0.2, 0.25) is 0 Å². The number of alkyl halides is 3. The SMILES string of the molecule is CC(=O)N(C)Oc1ccc(CC(C)N2CCOC(c3cccc(C(F)(F)F)c3)C2)cc1.Cl. The highest BCUT2D eigenvalue weighted by Gasteiger charge is 2.32. The van der Waals surface area contributed by atoms with Crippen LogP contribution in [0.1, 0.15) is 36.6 Å². The summed E-state index contributed by atoms with van der Waals surface area (Å²) in [4.78, 5) is 18.9. The van der Waals surface area contributed by atoms with E-state index >= 15 is 0 Å². The maximum Gasteiger partial charge on any atom is 0.416 e. The molecule has 9 heteroatoms. The van der Waals surface area contributed by atoms with E-state index in [2.05, 4.69) is 11.8 Å². The predicted octanol–water partition coefficient (Wildman–Crippen LogP) is 4.90. The molecule has 0 aromatic heterocycles. The molecule has 32 heavy (non-hydrogen) atoms. The van der Waals surface area contributed by atoms with Crippen molar-refractivity contribution in [3.63, 3.8) is 0 Å². The van der Waals surface area contributed by atoms with E-state index in [0.717, 1.165) is 24.6 Å². The topological polar surface area (TPSA) is 42.0 Å². The first-order valence-corrected chi connectivity index (χ1v) is 10.2. The highest BCUT2D eigenvalue weighted by atomic mass is 35.5. The third-order valence-corrected chi connectivity index (χ3v) is 5.45. The fourth-order valence-corrected chi connectivity index (χ4v) is 3.57. The van der Waals surface area contributed by atoms with Crippen LogP contribution in [0.15, 0.2) is 48.5 Å². The summed E-state index contributed by atoms with van der Waals surface area (Å²) in [6.07, 6.45) is -3.98. The number of hydrogen-bond donors (Lipinski definition) is 0. The van der Waals surface area contributed by atoms with Crippen LogP contribution in [0.4, 0.5) is 13.2 Å². The number of carbonyl (C=O) groups is 1. The first-order chi connectivity index (χ1) is 14.6. The van der Waals surface area contributed by atoms with Crippen molar-refractivity contribution in [1.82, 2.24) is 9.96 Å². The molecule has 176 valence electrons. The Kier molecular flexibility index (Phi) is 8.95. The second-order valence-electron chi connectivity index (χ2n) is 7.78. The number of benzene rings is 2. The van der Waals surface area contributed by atoms with Crippen LogP contribution in [-0.4, -0.2) is 48.7 Å². The molecule has 5 nitrogen and oxygen atoms in total. The number of hydroxylamine groups is 2. The Morgan fingerprint density at radius 2 is 1.94 bits per heavy atom. The van der Waals surface area contributed by atoms with E-state index in [-0.39, 0.29) is 24.4 Å². The Labute approximate surface area is 192 Å². The number of hydrogen-bond acceptors (Lipinski definition) is 4. The smallest absolute Gasteiger partial charge is 0.377 e. The fraction of sp³-hybridized carbons (Fsp3) is 0.435. The van der Waals surface area contributed by atoms with Crippen molar-refractivity contribution in [3.05, 3.63) is 65.2 Å². The quantitative estimate of drug-likeness (QED) is 0.561. The molecular weight excluding hydrogens is 445 g/mol. The second kappa shape index (κ2) is 11.0. The molecule has 2 aromatic carbocycles. The van der Waals surface area contributed by atoms with Crippen molar-refractivity contribution in [1.29, 1.82) is 0 Å². The molecule has 0 bridgehead atoms. The molecule has 0 N–H and O–H groups in total. The fourth-order valence-electron chi connectivity index (χ4n) is 3.57. The average molecular weight is 473 g/mol. The third-order valence-electron chi connectivity index (χ3n) is 5.45. The molecule has 2 unspecified atom stereocenters. The zero-order valence-electron chi connectivity index (χ0n) is 18.3. The Bertz CT molecular complexity index is 893. The predicted molar refractivity (Wildman–Crippen MR) is 118 cm³/mol. The number of halogens is 4.